The van der Waals surface area contributed by atoms with Crippen molar-refractivity contribution in [3.05, 3.63) is 36.5 Å². The number of pyridine rings is 2. The number of anilines is 2. The lowest BCUT2D eigenvalue weighted by Crippen LogP contribution is -2.51. The summed E-state index contributed by atoms with van der Waals surface area (Å²) in [5.41, 5.74) is 14.5. The van der Waals surface area contributed by atoms with E-state index in [2.05, 4.69) is 40.6 Å². The number of benzene rings is 1. The van der Waals surface area contributed by atoms with Crippen LogP contribution in [0.3, 0.4) is 0 Å². The average Bonchev–Trinajstić information content (AvgIpc) is 3.21. The van der Waals surface area contributed by atoms with Crippen molar-refractivity contribution in [2.75, 3.05) is 24.6 Å². The van der Waals surface area contributed by atoms with Gasteiger partial charge in [-0.25, -0.2) is 23.2 Å². The van der Waals surface area contributed by atoms with Gasteiger partial charge in [-0.05, 0) is 47.5 Å². The van der Waals surface area contributed by atoms with Crippen LogP contribution < -0.4 is 16.8 Å². The number of aromatic amines is 1. The molecule has 1 atom stereocenters. The molecule has 2 aliphatic rings. The molecule has 1 unspecified atom stereocenters. The maximum absolute atomic E-state index is 13.0. The Morgan fingerprint density at radius 3 is 2.43 bits per heavy atom. The van der Waals surface area contributed by atoms with Gasteiger partial charge in [-0.15, -0.1) is 10.2 Å². The number of H-pyrrole nitrogens is 1. The molecule has 0 aliphatic carbocycles. The quantitative estimate of drug-likeness (QED) is 0.223. The van der Waals surface area contributed by atoms with E-state index in [0.717, 1.165) is 10.9 Å². The van der Waals surface area contributed by atoms with Crippen molar-refractivity contribution in [2.24, 2.45) is 0 Å². The summed E-state index contributed by atoms with van der Waals surface area (Å²) in [5.74, 6) is 0.463. The predicted molar refractivity (Wildman–Crippen MR) is 126 cm³/mol. The highest BCUT2D eigenvalue weighted by Gasteiger charge is 2.35. The van der Waals surface area contributed by atoms with Gasteiger partial charge in [0.25, 0.3) is 0 Å². The van der Waals surface area contributed by atoms with Crippen LogP contribution in [0.5, 0.6) is 0 Å². The van der Waals surface area contributed by atoms with E-state index in [1.807, 2.05) is 0 Å². The molecule has 6 N–H and O–H groups in total. The molecular formula is C21H21N9O4S. The lowest BCUT2D eigenvalue weighted by Gasteiger charge is -2.27. The number of rotatable bonds is 4. The van der Waals surface area contributed by atoms with Crippen LogP contribution in [0, 0.1) is 0 Å². The molecular weight excluding hydrogens is 474 g/mol. The molecule has 14 heteroatoms. The van der Waals surface area contributed by atoms with Crippen molar-refractivity contribution < 1.29 is 17.9 Å². The number of sulfone groups is 1. The van der Waals surface area contributed by atoms with Crippen molar-refractivity contribution in [2.45, 2.75) is 23.2 Å². The maximum atomic E-state index is 13.0. The number of nitrogen functional groups attached to an aromatic ring is 2. The smallest absolute Gasteiger partial charge is 0.347 e. The molecule has 180 valence electrons. The topological polar surface area (TPSA) is 208 Å². The summed E-state index contributed by atoms with van der Waals surface area (Å²) in [6.07, 6.45) is 1.51. The highest BCUT2D eigenvalue weighted by molar-refractivity contribution is 7.92. The zero-order valence-electron chi connectivity index (χ0n) is 18.5. The van der Waals surface area contributed by atoms with E-state index in [4.69, 9.17) is 11.5 Å². The summed E-state index contributed by atoms with van der Waals surface area (Å²) >= 11 is 0. The number of nitrogens with two attached hydrogens (primary N) is 2. The van der Waals surface area contributed by atoms with Crippen LogP contribution in [0.4, 0.5) is 11.5 Å². The van der Waals surface area contributed by atoms with Gasteiger partial charge in [-0.3, -0.25) is 0 Å². The summed E-state index contributed by atoms with van der Waals surface area (Å²) in [6, 6.07) is 8.50. The molecule has 2 saturated heterocycles. The van der Waals surface area contributed by atoms with Crippen molar-refractivity contribution in [3.8, 4) is 22.5 Å². The number of carbonyl (C=O) groups is 1. The van der Waals surface area contributed by atoms with Gasteiger partial charge in [0, 0.05) is 24.7 Å². The lowest BCUT2D eigenvalue weighted by molar-refractivity contribution is -0.117. The van der Waals surface area contributed by atoms with E-state index in [1.54, 1.807) is 37.4 Å². The van der Waals surface area contributed by atoms with Crippen molar-refractivity contribution in [3.63, 3.8) is 0 Å². The number of cyclic esters (lactones) is 1. The van der Waals surface area contributed by atoms with Gasteiger partial charge in [0.15, 0.2) is 21.6 Å². The molecule has 2 aliphatic heterocycles. The van der Waals surface area contributed by atoms with Crippen LogP contribution in [0.2, 0.25) is 0 Å². The number of nitrogens with one attached hydrogen (secondary N) is 2. The Hall–Kier alpha value is -4.17. The molecule has 6 rings (SSSR count). The number of fused-ring (bicyclic) bond motifs is 1. The first kappa shape index (κ1) is 22.6. The third-order valence-corrected chi connectivity index (χ3v) is 7.93. The minimum atomic E-state index is -3.61. The fourth-order valence-corrected chi connectivity index (χ4v) is 5.36. The van der Waals surface area contributed by atoms with Crippen LogP contribution in [0.25, 0.3) is 33.5 Å². The van der Waals surface area contributed by atoms with Crippen LogP contribution in [0.1, 0.15) is 6.92 Å². The normalized spacial score (nSPS) is 17.3. The molecule has 13 nitrogen and oxygen atoms in total. The van der Waals surface area contributed by atoms with Crippen molar-refractivity contribution in [1.82, 2.24) is 35.9 Å². The molecule has 0 amide bonds. The number of ether oxygens (including phenoxy) is 1. The number of aromatic nitrogens is 6. The molecule has 2 fully saturated rings. The molecule has 35 heavy (non-hydrogen) atoms. The Bertz CT molecular complexity index is 1540. The highest BCUT2D eigenvalue weighted by Crippen LogP contribution is 2.41. The largest absolute Gasteiger partial charge is 0.448 e. The Kier molecular flexibility index (Phi) is 5.53. The van der Waals surface area contributed by atoms with Gasteiger partial charge in [-0.2, -0.15) is 5.21 Å². The van der Waals surface area contributed by atoms with E-state index in [9.17, 15) is 13.2 Å². The third kappa shape index (κ3) is 4.13. The third-order valence-electron chi connectivity index (χ3n) is 5.75. The lowest BCUT2D eigenvalue weighted by atomic mass is 9.96. The van der Waals surface area contributed by atoms with Gasteiger partial charge >= 0.3 is 5.97 Å². The number of tetrazole rings is 1. The van der Waals surface area contributed by atoms with E-state index < -0.39 is 15.1 Å². The highest BCUT2D eigenvalue weighted by atomic mass is 32.2. The molecule has 0 spiro atoms. The van der Waals surface area contributed by atoms with E-state index in [1.165, 1.54) is 6.07 Å². The van der Waals surface area contributed by atoms with Crippen molar-refractivity contribution in [1.29, 1.82) is 0 Å². The monoisotopic (exact) mass is 495 g/mol. The molecule has 3 aromatic heterocycles. The number of carbonyl (C=O) groups excluding carboxylic acids is 1. The standard InChI is InChI=1S/C18H17N9O2S.C3H4O2/c19-14-4-2-12-10(5-6-22-17(12)23-14)11-1-3-13(30(28,29)9-7-21-8-9)16(20)15(11)18-24-26-27-25-18;1-2-3(4)5-2/h1-6,9,21H,7-8,20H2,(H2,19,22,23)(H,24,25,26,27);2H,1H3. The fourth-order valence-electron chi connectivity index (χ4n) is 3.66. The minimum Gasteiger partial charge on any atom is -0.448 e. The summed E-state index contributed by atoms with van der Waals surface area (Å²) in [7, 11) is -3.61. The Balaban J connectivity index is 0.000000453. The Morgan fingerprint density at radius 1 is 1.09 bits per heavy atom. The van der Waals surface area contributed by atoms with Crippen LogP contribution in [-0.4, -0.2) is 69.4 Å². The van der Waals surface area contributed by atoms with E-state index in [-0.39, 0.29) is 28.5 Å². The van der Waals surface area contributed by atoms with Gasteiger partial charge in [0.2, 0.25) is 5.82 Å². The second kappa shape index (κ2) is 8.56. The van der Waals surface area contributed by atoms with Crippen LogP contribution in [0.15, 0.2) is 41.4 Å². The minimum absolute atomic E-state index is 0.0540. The SMILES string of the molecule is CC1OC1=O.Nc1ccc2c(-c3ccc(S(=O)(=O)C4CNC4)c(N)c3-c3nn[nH]n3)ccnc2n1. The second-order valence-electron chi connectivity index (χ2n) is 8.01. The molecule has 4 aromatic rings. The Labute approximate surface area is 199 Å². The van der Waals surface area contributed by atoms with Gasteiger partial charge in [-0.1, -0.05) is 6.07 Å². The fraction of sp³-hybridized carbons (Fsp3) is 0.238. The maximum Gasteiger partial charge on any atom is 0.347 e. The van der Waals surface area contributed by atoms with Crippen molar-refractivity contribution >= 4 is 38.3 Å². The number of hydrogen-bond acceptors (Lipinski definition) is 12. The molecule has 0 saturated carbocycles. The summed E-state index contributed by atoms with van der Waals surface area (Å²) in [4.78, 5) is 18.2. The van der Waals surface area contributed by atoms with E-state index in [0.29, 0.717) is 35.7 Å². The second-order valence-corrected chi connectivity index (χ2v) is 10.2. The number of epoxide rings is 1. The first-order valence-corrected chi connectivity index (χ1v) is 12.1. The van der Waals surface area contributed by atoms with E-state index >= 15 is 0 Å². The van der Waals surface area contributed by atoms with Gasteiger partial charge in [0.1, 0.15) is 5.82 Å². The van der Waals surface area contributed by atoms with Crippen LogP contribution >= 0.6 is 0 Å². The zero-order valence-corrected chi connectivity index (χ0v) is 19.3. The van der Waals surface area contributed by atoms with Crippen LogP contribution in [-0.2, 0) is 19.4 Å². The summed E-state index contributed by atoms with van der Waals surface area (Å²) in [6.45, 7) is 2.51. The van der Waals surface area contributed by atoms with Gasteiger partial charge < -0.3 is 21.5 Å². The molecule has 0 radical (unpaired) electrons. The average molecular weight is 496 g/mol. The Morgan fingerprint density at radius 2 is 1.83 bits per heavy atom. The number of hydrogen-bond donors (Lipinski definition) is 4. The zero-order chi connectivity index (χ0) is 24.7. The molecule has 0 bridgehead atoms. The first-order chi connectivity index (χ1) is 16.8. The summed E-state index contributed by atoms with van der Waals surface area (Å²) < 4.78 is 30.4. The first-order valence-electron chi connectivity index (χ1n) is 10.6. The molecule has 1 aromatic carbocycles. The predicted octanol–water partition coefficient (Wildman–Crippen LogP) is 0.319. The number of nitrogens with zero attached hydrogens (tertiary/aromatic N) is 5. The van der Waals surface area contributed by atoms with Gasteiger partial charge in [0.05, 0.1) is 21.4 Å². The molecule has 5 heterocycles. The summed E-state index contributed by atoms with van der Waals surface area (Å²) in [5, 5.41) is 17.3.